The van der Waals surface area contributed by atoms with Crippen molar-refractivity contribution in [3.05, 3.63) is 16.1 Å². The summed E-state index contributed by atoms with van der Waals surface area (Å²) in [6.45, 7) is 5.22. The standard InChI is InChI=1S/C21H27N3O5S/c1-4-12-28-21(27)23-10-7-15(8-11-23)18-22-16(13-30-18)19(25)24-9-5-6-17(24)20(26)29-14(2)3/h1,13-15,17H,5-12H2,2-3H3. The predicted octanol–water partition coefficient (Wildman–Crippen LogP) is 2.65. The molecule has 0 radical (unpaired) electrons. The third kappa shape index (κ3) is 5.11. The third-order valence-electron chi connectivity index (χ3n) is 5.26. The Labute approximate surface area is 180 Å². The number of carbonyl (C=O) groups excluding carboxylic acids is 3. The Bertz CT molecular complexity index is 823. The average Bonchev–Trinajstić information content (AvgIpc) is 3.41. The number of nitrogens with zero attached hydrogens (tertiary/aromatic N) is 3. The van der Waals surface area contributed by atoms with Crippen LogP contribution in [0.15, 0.2) is 5.38 Å². The summed E-state index contributed by atoms with van der Waals surface area (Å²) in [4.78, 5) is 45.0. The van der Waals surface area contributed by atoms with Crippen molar-refractivity contribution >= 4 is 29.3 Å². The SMILES string of the molecule is C#CCOC(=O)N1CCC(c2nc(C(=O)N3CCCC3C(=O)OC(C)C)cs2)CC1. The van der Waals surface area contributed by atoms with Gasteiger partial charge in [0.2, 0.25) is 0 Å². The molecule has 1 aromatic heterocycles. The quantitative estimate of drug-likeness (QED) is 0.524. The number of esters is 1. The third-order valence-corrected chi connectivity index (χ3v) is 6.27. The molecule has 2 aliphatic heterocycles. The van der Waals surface area contributed by atoms with Gasteiger partial charge in [-0.25, -0.2) is 14.6 Å². The smallest absolute Gasteiger partial charge is 0.410 e. The largest absolute Gasteiger partial charge is 0.461 e. The zero-order valence-corrected chi connectivity index (χ0v) is 18.2. The molecule has 0 aliphatic carbocycles. The number of amides is 2. The summed E-state index contributed by atoms with van der Waals surface area (Å²) >= 11 is 1.45. The molecule has 1 aromatic rings. The molecule has 0 bridgehead atoms. The molecule has 30 heavy (non-hydrogen) atoms. The van der Waals surface area contributed by atoms with Crippen LogP contribution in [0.4, 0.5) is 4.79 Å². The number of ether oxygens (including phenoxy) is 2. The summed E-state index contributed by atoms with van der Waals surface area (Å²) in [6, 6.07) is -0.540. The van der Waals surface area contributed by atoms with Crippen LogP contribution in [0.5, 0.6) is 0 Å². The molecule has 8 nitrogen and oxygen atoms in total. The van der Waals surface area contributed by atoms with Crippen LogP contribution in [0.3, 0.4) is 0 Å². The Morgan fingerprint density at radius 3 is 2.67 bits per heavy atom. The molecule has 2 aliphatic rings. The fourth-order valence-corrected chi connectivity index (χ4v) is 4.75. The number of terminal acetylenes is 1. The van der Waals surface area contributed by atoms with Gasteiger partial charge in [0.1, 0.15) is 11.7 Å². The number of piperidine rings is 1. The summed E-state index contributed by atoms with van der Waals surface area (Å²) in [5.74, 6) is 1.90. The van der Waals surface area contributed by atoms with Crippen molar-refractivity contribution in [1.29, 1.82) is 0 Å². The highest BCUT2D eigenvalue weighted by molar-refractivity contribution is 7.09. The van der Waals surface area contributed by atoms with Gasteiger partial charge in [0.05, 0.1) is 11.1 Å². The molecule has 3 rings (SSSR count). The van der Waals surface area contributed by atoms with E-state index in [0.717, 1.165) is 24.3 Å². The average molecular weight is 434 g/mol. The summed E-state index contributed by atoms with van der Waals surface area (Å²) in [6.07, 6.45) is 7.39. The van der Waals surface area contributed by atoms with Gasteiger partial charge in [0.25, 0.3) is 5.91 Å². The zero-order valence-electron chi connectivity index (χ0n) is 17.3. The molecular weight excluding hydrogens is 406 g/mol. The Morgan fingerprint density at radius 2 is 2.00 bits per heavy atom. The minimum Gasteiger partial charge on any atom is -0.461 e. The van der Waals surface area contributed by atoms with Crippen molar-refractivity contribution in [1.82, 2.24) is 14.8 Å². The highest BCUT2D eigenvalue weighted by atomic mass is 32.1. The lowest BCUT2D eigenvalue weighted by molar-refractivity contribution is -0.151. The summed E-state index contributed by atoms with van der Waals surface area (Å²) in [5.41, 5.74) is 0.370. The van der Waals surface area contributed by atoms with Crippen LogP contribution in [0, 0.1) is 12.3 Å². The molecule has 0 spiro atoms. The van der Waals surface area contributed by atoms with Crippen molar-refractivity contribution in [3.63, 3.8) is 0 Å². The molecule has 162 valence electrons. The second-order valence-corrected chi connectivity index (χ2v) is 8.62. The van der Waals surface area contributed by atoms with E-state index in [2.05, 4.69) is 10.9 Å². The maximum absolute atomic E-state index is 13.0. The first-order valence-corrected chi connectivity index (χ1v) is 11.1. The number of aromatic nitrogens is 1. The van der Waals surface area contributed by atoms with E-state index in [9.17, 15) is 14.4 Å². The molecule has 2 fully saturated rings. The minimum atomic E-state index is -0.540. The predicted molar refractivity (Wildman–Crippen MR) is 111 cm³/mol. The van der Waals surface area contributed by atoms with E-state index in [1.807, 2.05) is 0 Å². The molecule has 3 heterocycles. The van der Waals surface area contributed by atoms with Crippen molar-refractivity contribution < 1.29 is 23.9 Å². The summed E-state index contributed by atoms with van der Waals surface area (Å²) in [5, 5.41) is 2.64. The van der Waals surface area contributed by atoms with Crippen LogP contribution < -0.4 is 0 Å². The highest BCUT2D eigenvalue weighted by Gasteiger charge is 2.37. The van der Waals surface area contributed by atoms with E-state index in [0.29, 0.717) is 31.7 Å². The van der Waals surface area contributed by atoms with Gasteiger partial charge in [-0.2, -0.15) is 0 Å². The van der Waals surface area contributed by atoms with Gasteiger partial charge in [-0.3, -0.25) is 4.79 Å². The summed E-state index contributed by atoms with van der Waals surface area (Å²) < 4.78 is 10.3. The Hall–Kier alpha value is -2.60. The van der Waals surface area contributed by atoms with E-state index in [-0.39, 0.29) is 30.5 Å². The lowest BCUT2D eigenvalue weighted by Crippen LogP contribution is -2.42. The van der Waals surface area contributed by atoms with Gasteiger partial charge in [-0.15, -0.1) is 17.8 Å². The first kappa shape index (κ1) is 22.1. The number of rotatable bonds is 5. The van der Waals surface area contributed by atoms with Gasteiger partial charge in [0.15, 0.2) is 6.61 Å². The van der Waals surface area contributed by atoms with Crippen LogP contribution in [0.1, 0.15) is 60.9 Å². The van der Waals surface area contributed by atoms with Gasteiger partial charge < -0.3 is 19.3 Å². The maximum atomic E-state index is 13.0. The van der Waals surface area contributed by atoms with Crippen LogP contribution in [-0.2, 0) is 14.3 Å². The van der Waals surface area contributed by atoms with E-state index in [1.54, 1.807) is 29.0 Å². The van der Waals surface area contributed by atoms with Crippen molar-refractivity contribution in [2.24, 2.45) is 0 Å². The second-order valence-electron chi connectivity index (χ2n) is 7.73. The number of carbonyl (C=O) groups is 3. The van der Waals surface area contributed by atoms with Crippen LogP contribution >= 0.6 is 11.3 Å². The molecule has 0 aromatic carbocycles. The Morgan fingerprint density at radius 1 is 1.27 bits per heavy atom. The van der Waals surface area contributed by atoms with Crippen molar-refractivity contribution in [2.75, 3.05) is 26.2 Å². The van der Waals surface area contributed by atoms with Crippen molar-refractivity contribution in [3.8, 4) is 12.3 Å². The fraction of sp³-hybridized carbons (Fsp3) is 0.619. The molecule has 9 heteroatoms. The Balaban J connectivity index is 1.58. The topological polar surface area (TPSA) is 89.0 Å². The highest BCUT2D eigenvalue weighted by Crippen LogP contribution is 2.31. The molecule has 0 N–H and O–H groups in total. The number of thiazole rings is 1. The lowest BCUT2D eigenvalue weighted by Gasteiger charge is -2.30. The second kappa shape index (κ2) is 9.94. The first-order valence-electron chi connectivity index (χ1n) is 10.2. The molecule has 2 amide bonds. The van der Waals surface area contributed by atoms with Gasteiger partial charge >= 0.3 is 12.1 Å². The first-order chi connectivity index (χ1) is 14.4. The van der Waals surface area contributed by atoms with E-state index in [4.69, 9.17) is 15.9 Å². The zero-order chi connectivity index (χ0) is 21.7. The maximum Gasteiger partial charge on any atom is 0.410 e. The van der Waals surface area contributed by atoms with E-state index < -0.39 is 12.1 Å². The molecule has 1 atom stereocenters. The summed E-state index contributed by atoms with van der Waals surface area (Å²) in [7, 11) is 0. The van der Waals surface area contributed by atoms with Gasteiger partial charge in [0, 0.05) is 30.9 Å². The normalized spacial score (nSPS) is 19.6. The molecule has 2 saturated heterocycles. The van der Waals surface area contributed by atoms with Gasteiger partial charge in [-0.1, -0.05) is 5.92 Å². The van der Waals surface area contributed by atoms with E-state index >= 15 is 0 Å². The monoisotopic (exact) mass is 433 g/mol. The van der Waals surface area contributed by atoms with Crippen molar-refractivity contribution in [2.45, 2.75) is 57.6 Å². The number of likely N-dealkylation sites (tertiary alicyclic amines) is 2. The van der Waals surface area contributed by atoms with Crippen LogP contribution in [0.2, 0.25) is 0 Å². The van der Waals surface area contributed by atoms with Gasteiger partial charge in [-0.05, 0) is 39.5 Å². The number of hydrogen-bond acceptors (Lipinski definition) is 7. The minimum absolute atomic E-state index is 0.0289. The number of hydrogen-bond donors (Lipinski definition) is 0. The molecule has 1 unspecified atom stereocenters. The lowest BCUT2D eigenvalue weighted by atomic mass is 9.98. The Kier molecular flexibility index (Phi) is 7.32. The molecule has 0 saturated carbocycles. The van der Waals surface area contributed by atoms with E-state index in [1.165, 1.54) is 11.3 Å². The fourth-order valence-electron chi connectivity index (χ4n) is 3.79. The van der Waals surface area contributed by atoms with Crippen LogP contribution in [0.25, 0.3) is 0 Å². The van der Waals surface area contributed by atoms with Crippen LogP contribution in [-0.4, -0.2) is 71.1 Å². The molecular formula is C21H27N3O5S.